The third-order valence-corrected chi connectivity index (χ3v) is 12.0. The van der Waals surface area contributed by atoms with Crippen LogP contribution < -0.4 is 10.6 Å². The Hall–Kier alpha value is -5.66. The van der Waals surface area contributed by atoms with Crippen LogP contribution in [0.4, 0.5) is 9.59 Å². The Morgan fingerprint density at radius 3 is 1.30 bits per heavy atom. The third-order valence-electron chi connectivity index (χ3n) is 12.0. The molecule has 14 heteroatoms. The minimum atomic E-state index is -0.676. The van der Waals surface area contributed by atoms with Crippen LogP contribution in [0.1, 0.15) is 77.1 Å². The second kappa shape index (κ2) is 14.8. The molecule has 4 N–H and O–H groups in total. The van der Waals surface area contributed by atoms with Crippen molar-refractivity contribution >= 4 is 24.0 Å². The van der Waals surface area contributed by atoms with Crippen LogP contribution in [-0.2, 0) is 19.1 Å². The minimum Gasteiger partial charge on any atom is -0.453 e. The van der Waals surface area contributed by atoms with Gasteiger partial charge in [0.2, 0.25) is 11.8 Å². The number of hydrogen-bond acceptors (Lipinski definition) is 8. The van der Waals surface area contributed by atoms with Crippen LogP contribution in [0.3, 0.4) is 0 Å². The highest BCUT2D eigenvalue weighted by Gasteiger charge is 2.57. The average molecular weight is 763 g/mol. The first-order valence-electron chi connectivity index (χ1n) is 19.6. The number of hydrogen-bond donors (Lipinski definition) is 4. The number of likely N-dealkylation sites (tertiary alicyclic amines) is 2. The molecular formula is C42H50N8O6. The van der Waals surface area contributed by atoms with E-state index >= 15 is 0 Å². The van der Waals surface area contributed by atoms with E-state index in [0.29, 0.717) is 11.8 Å². The summed E-state index contributed by atoms with van der Waals surface area (Å²) in [6, 6.07) is 15.2. The number of aromatic amines is 2. The Kier molecular flexibility index (Phi) is 9.83. The predicted molar refractivity (Wildman–Crippen MR) is 208 cm³/mol. The van der Waals surface area contributed by atoms with E-state index in [1.165, 1.54) is 14.2 Å². The number of benzene rings is 2. The monoisotopic (exact) mass is 762 g/mol. The first kappa shape index (κ1) is 37.3. The molecule has 56 heavy (non-hydrogen) atoms. The summed E-state index contributed by atoms with van der Waals surface area (Å²) in [6.45, 7) is 7.67. The van der Waals surface area contributed by atoms with Crippen LogP contribution in [0, 0.1) is 23.7 Å². The fraction of sp³-hybridized carbons (Fsp3) is 0.476. The number of piperidine rings is 2. The number of H-pyrrole nitrogens is 2. The van der Waals surface area contributed by atoms with Crippen LogP contribution in [0.15, 0.2) is 60.9 Å². The lowest BCUT2D eigenvalue weighted by Crippen LogP contribution is -2.52. The Bertz CT molecular complexity index is 1960. The molecule has 8 atom stereocenters. The maximum atomic E-state index is 13.8. The third kappa shape index (κ3) is 7.01. The number of nitrogens with zero attached hydrogens (tertiary/aromatic N) is 4. The van der Waals surface area contributed by atoms with Gasteiger partial charge in [0.15, 0.2) is 0 Å². The summed E-state index contributed by atoms with van der Waals surface area (Å²) in [7, 11) is 2.60. The lowest BCUT2D eigenvalue weighted by Gasteiger charge is -2.31. The molecule has 8 rings (SSSR count). The molecule has 14 nitrogen and oxygen atoms in total. The number of aromatic nitrogens is 4. The zero-order chi connectivity index (χ0) is 39.4. The fourth-order valence-electron chi connectivity index (χ4n) is 8.74. The molecule has 4 heterocycles. The number of ether oxygens (including phenoxy) is 2. The van der Waals surface area contributed by atoms with Crippen LogP contribution in [0.5, 0.6) is 0 Å². The van der Waals surface area contributed by atoms with Gasteiger partial charge in [-0.05, 0) is 71.6 Å². The minimum absolute atomic E-state index is 0.0971. The Morgan fingerprint density at radius 1 is 0.607 bits per heavy atom. The van der Waals surface area contributed by atoms with Crippen molar-refractivity contribution in [2.45, 2.75) is 89.6 Å². The topological polar surface area (TPSA) is 175 Å². The number of carbonyl (C=O) groups is 4. The van der Waals surface area contributed by atoms with Gasteiger partial charge in [0, 0.05) is 12.1 Å². The second-order valence-electron chi connectivity index (χ2n) is 16.4. The lowest BCUT2D eigenvalue weighted by atomic mass is 10.0. The van der Waals surface area contributed by atoms with Gasteiger partial charge >= 0.3 is 12.2 Å². The summed E-state index contributed by atoms with van der Waals surface area (Å²) in [6.07, 6.45) is 6.06. The van der Waals surface area contributed by atoms with E-state index in [1.807, 2.05) is 49.9 Å². The highest BCUT2D eigenvalue weighted by molar-refractivity contribution is 5.88. The molecule has 0 bridgehead atoms. The molecule has 4 aliphatic rings. The van der Waals surface area contributed by atoms with Gasteiger partial charge in [-0.15, -0.1) is 0 Å². The van der Waals surface area contributed by atoms with Crippen molar-refractivity contribution in [3.8, 4) is 33.6 Å². The van der Waals surface area contributed by atoms with Gasteiger partial charge in [-0.2, -0.15) is 0 Å². The molecule has 2 aromatic heterocycles. The molecule has 2 saturated heterocycles. The van der Waals surface area contributed by atoms with E-state index < -0.39 is 24.3 Å². The number of fused-ring (bicyclic) bond motifs is 2. The summed E-state index contributed by atoms with van der Waals surface area (Å²) in [5.41, 5.74) is 5.85. The molecule has 4 aromatic rings. The Labute approximate surface area is 326 Å². The SMILES string of the molecule is COC(=O)N[C@@H](C(=O)N1[C@@H]2CC2C[C@H]1c1ncc(-c2ccc(-c3ccc(-c4cnc([C@@H]5CC6C[C@H]6N5C(=O)[C@H](NC(=O)OC)C(C)C)[nH]4)cc3)cc2)[nH]1)C(C)C. The van der Waals surface area contributed by atoms with Gasteiger partial charge in [-0.3, -0.25) is 9.59 Å². The normalized spacial score (nSPS) is 24.4. The number of amides is 4. The first-order valence-corrected chi connectivity index (χ1v) is 19.6. The van der Waals surface area contributed by atoms with Crippen LogP contribution in [0.25, 0.3) is 33.6 Å². The van der Waals surface area contributed by atoms with Crippen LogP contribution in [0.2, 0.25) is 0 Å². The predicted octanol–water partition coefficient (Wildman–Crippen LogP) is 6.22. The van der Waals surface area contributed by atoms with Gasteiger partial charge in [0.1, 0.15) is 23.7 Å². The summed E-state index contributed by atoms with van der Waals surface area (Å²) < 4.78 is 9.58. The van der Waals surface area contributed by atoms with Gasteiger partial charge in [-0.1, -0.05) is 76.2 Å². The average Bonchev–Trinajstić information content (AvgIpc) is 3.79. The van der Waals surface area contributed by atoms with Gasteiger partial charge in [-0.25, -0.2) is 19.6 Å². The van der Waals surface area contributed by atoms with Crippen molar-refractivity contribution < 1.29 is 28.7 Å². The molecule has 4 amide bonds. The van der Waals surface area contributed by atoms with Crippen molar-refractivity contribution in [1.29, 1.82) is 0 Å². The number of imidazole rings is 2. The molecule has 2 unspecified atom stereocenters. The number of carbonyl (C=O) groups excluding carboxylic acids is 4. The van der Waals surface area contributed by atoms with Crippen molar-refractivity contribution in [2.75, 3.05) is 14.2 Å². The molecule has 2 aliphatic carbocycles. The molecule has 2 aromatic carbocycles. The van der Waals surface area contributed by atoms with E-state index in [0.717, 1.165) is 71.0 Å². The summed E-state index contributed by atoms with van der Waals surface area (Å²) in [4.78, 5) is 71.9. The molecule has 0 radical (unpaired) electrons. The standard InChI is InChI=1S/C42H50N8O6/c1-21(2)35(47-41(53)55-5)39(51)49-31-15-27(31)17-33(49)37-43-19-29(45-37)25-11-7-23(8-12-25)24-9-13-26(14-10-24)30-20-44-38(46-30)34-18-28-16-32(28)50(34)40(52)36(22(3)4)48-42(54)56-6/h7-14,19-22,27-28,31-36H,15-18H2,1-6H3,(H,43,45)(H,44,46)(H,47,53)(H,48,54)/t27?,28?,31-,32-,33+,34+,35-,36-/m1/s1. The molecular weight excluding hydrogens is 713 g/mol. The number of nitrogens with one attached hydrogen (secondary N) is 4. The van der Waals surface area contributed by atoms with Crippen molar-refractivity contribution in [3.05, 3.63) is 72.6 Å². The fourth-order valence-corrected chi connectivity index (χ4v) is 8.74. The molecule has 2 aliphatic heterocycles. The van der Waals surface area contributed by atoms with E-state index in [-0.39, 0.29) is 47.8 Å². The highest BCUT2D eigenvalue weighted by Crippen LogP contribution is 2.54. The molecule has 2 saturated carbocycles. The molecule has 294 valence electrons. The zero-order valence-corrected chi connectivity index (χ0v) is 32.6. The van der Waals surface area contributed by atoms with Crippen LogP contribution in [-0.4, -0.2) is 92.1 Å². The lowest BCUT2D eigenvalue weighted by molar-refractivity contribution is -0.137. The first-order chi connectivity index (χ1) is 26.9. The summed E-state index contributed by atoms with van der Waals surface area (Å²) in [5, 5.41) is 5.47. The number of methoxy groups -OCH3 is 2. The van der Waals surface area contributed by atoms with Gasteiger partial charge in [0.25, 0.3) is 0 Å². The Balaban J connectivity index is 0.931. The smallest absolute Gasteiger partial charge is 0.407 e. The van der Waals surface area contributed by atoms with E-state index in [4.69, 9.17) is 19.4 Å². The molecule has 4 fully saturated rings. The zero-order valence-electron chi connectivity index (χ0n) is 32.6. The van der Waals surface area contributed by atoms with E-state index in [9.17, 15) is 19.2 Å². The van der Waals surface area contributed by atoms with Crippen LogP contribution >= 0.6 is 0 Å². The number of rotatable bonds is 11. The Morgan fingerprint density at radius 2 is 0.964 bits per heavy atom. The summed E-state index contributed by atoms with van der Waals surface area (Å²) >= 11 is 0. The quantitative estimate of drug-likeness (QED) is 0.139. The van der Waals surface area contributed by atoms with Crippen molar-refractivity contribution in [3.63, 3.8) is 0 Å². The van der Waals surface area contributed by atoms with E-state index in [2.05, 4.69) is 69.1 Å². The second-order valence-corrected chi connectivity index (χ2v) is 16.4. The van der Waals surface area contributed by atoms with Gasteiger partial charge in [0.05, 0.1) is 50.1 Å². The summed E-state index contributed by atoms with van der Waals surface area (Å²) in [5.74, 6) is 2.01. The largest absolute Gasteiger partial charge is 0.453 e. The number of alkyl carbamates (subject to hydrolysis) is 2. The van der Waals surface area contributed by atoms with Gasteiger partial charge < -0.3 is 39.9 Å². The molecule has 0 spiro atoms. The van der Waals surface area contributed by atoms with E-state index in [1.54, 1.807) is 0 Å². The maximum Gasteiger partial charge on any atom is 0.407 e. The highest BCUT2D eigenvalue weighted by atomic mass is 16.5. The van der Waals surface area contributed by atoms with Crippen molar-refractivity contribution in [2.24, 2.45) is 23.7 Å². The van der Waals surface area contributed by atoms with Crippen molar-refractivity contribution in [1.82, 2.24) is 40.4 Å². The maximum absolute atomic E-state index is 13.8.